The second-order valence-electron chi connectivity index (χ2n) is 10.7. The summed E-state index contributed by atoms with van der Waals surface area (Å²) < 4.78 is 34.0. The monoisotopic (exact) mass is 571 g/mol. The summed E-state index contributed by atoms with van der Waals surface area (Å²) in [6.45, 7) is 21.7. The van der Waals surface area contributed by atoms with E-state index in [4.69, 9.17) is 24.4 Å². The molecule has 3 atom stereocenters. The normalized spacial score (nSPS) is 24.3. The Kier molecular flexibility index (Phi) is 21.4. The van der Waals surface area contributed by atoms with E-state index in [-0.39, 0.29) is 27.6 Å². The first-order valence-electron chi connectivity index (χ1n) is 11.8. The summed E-state index contributed by atoms with van der Waals surface area (Å²) in [6.07, 6.45) is 2.78. The van der Waals surface area contributed by atoms with Crippen molar-refractivity contribution in [1.29, 1.82) is 0 Å². The van der Waals surface area contributed by atoms with Crippen LogP contribution in [0.4, 0.5) is 0 Å². The molecule has 0 unspecified atom stereocenters. The van der Waals surface area contributed by atoms with Gasteiger partial charge in [0.05, 0.1) is 5.97 Å². The zero-order chi connectivity index (χ0) is 27.2. The number of carbonyl (C=O) groups excluding carboxylic acids is 1. The first-order valence-corrected chi connectivity index (χ1v) is 13.0. The van der Waals surface area contributed by atoms with Gasteiger partial charge in [-0.3, -0.25) is 0 Å². The van der Waals surface area contributed by atoms with Crippen molar-refractivity contribution in [3.63, 3.8) is 0 Å². The topological polar surface area (TPSA) is 207 Å². The van der Waals surface area contributed by atoms with Gasteiger partial charge >= 0.3 is 16.5 Å². The molecule has 0 spiro atoms. The van der Waals surface area contributed by atoms with Crippen LogP contribution in [0.15, 0.2) is 0 Å². The van der Waals surface area contributed by atoms with Crippen LogP contribution < -0.4 is 50.7 Å². The first kappa shape index (κ1) is 39.4. The molecule has 1 aliphatic rings. The van der Waals surface area contributed by atoms with Gasteiger partial charge in [-0.2, -0.15) is 0 Å². The molecule has 0 bridgehead atoms. The third-order valence-corrected chi connectivity index (χ3v) is 5.10. The van der Waals surface area contributed by atoms with Crippen LogP contribution in [0.3, 0.4) is 0 Å². The molecule has 0 amide bonds. The SMILES string of the molecule is CC(C)C[C@H](N)C(=O)[O-].C[C@H]1CC(C)(C)NCCN[C@@H](C)CC(C)(C)NCCN1.[Ni+2].[O-][Cl+3]([O-])([O-])[O-]. The van der Waals surface area contributed by atoms with Gasteiger partial charge in [0.15, 0.2) is 0 Å². The van der Waals surface area contributed by atoms with E-state index in [2.05, 4.69) is 62.8 Å². The minimum atomic E-state index is -4.94. The van der Waals surface area contributed by atoms with Crippen molar-refractivity contribution in [1.82, 2.24) is 21.3 Å². The molecular formula is C22H48ClN5NiO6. The number of nitrogens with two attached hydrogens (primary N) is 1. The molecule has 35 heavy (non-hydrogen) atoms. The minimum Gasteiger partial charge on any atom is -0.548 e. The van der Waals surface area contributed by atoms with E-state index in [0.717, 1.165) is 39.0 Å². The van der Waals surface area contributed by atoms with Gasteiger partial charge < -0.3 is 36.9 Å². The summed E-state index contributed by atoms with van der Waals surface area (Å²) in [4.78, 5) is 10.00. The molecule has 0 aliphatic carbocycles. The van der Waals surface area contributed by atoms with Crippen LogP contribution in [-0.2, 0) is 21.3 Å². The molecule has 1 rings (SSSR count). The fourth-order valence-corrected chi connectivity index (χ4v) is 3.86. The maximum Gasteiger partial charge on any atom is 2.00 e. The van der Waals surface area contributed by atoms with Crippen LogP contribution >= 0.6 is 0 Å². The Morgan fingerprint density at radius 3 is 1.43 bits per heavy atom. The summed E-state index contributed by atoms with van der Waals surface area (Å²) in [7, 11) is -4.94. The Labute approximate surface area is 224 Å². The number of carboxylic acids is 1. The van der Waals surface area contributed by atoms with Crippen LogP contribution in [-0.4, -0.2) is 61.4 Å². The Morgan fingerprint density at radius 1 is 0.886 bits per heavy atom. The van der Waals surface area contributed by atoms with Crippen LogP contribution in [0.2, 0.25) is 0 Å². The van der Waals surface area contributed by atoms with Crippen molar-refractivity contribution in [2.45, 2.75) is 104 Å². The van der Waals surface area contributed by atoms with Crippen molar-refractivity contribution >= 4 is 5.97 Å². The van der Waals surface area contributed by atoms with E-state index >= 15 is 0 Å². The molecule has 0 aromatic rings. The van der Waals surface area contributed by atoms with E-state index in [1.165, 1.54) is 0 Å². The van der Waals surface area contributed by atoms with E-state index in [1.807, 2.05) is 13.8 Å². The number of hydrogen-bond acceptors (Lipinski definition) is 11. The Bertz CT molecular complexity index is 519. The number of aliphatic carboxylic acids is 1. The molecule has 11 nitrogen and oxygen atoms in total. The molecule has 0 saturated carbocycles. The third-order valence-electron chi connectivity index (χ3n) is 5.10. The summed E-state index contributed by atoms with van der Waals surface area (Å²) in [5, 5.41) is 24.6. The maximum atomic E-state index is 10.00. The van der Waals surface area contributed by atoms with Crippen LogP contribution in [0, 0.1) is 16.2 Å². The molecular weight excluding hydrogens is 524 g/mol. The summed E-state index contributed by atoms with van der Waals surface area (Å²) >= 11 is 0. The van der Waals surface area contributed by atoms with Crippen molar-refractivity contribution in [2.24, 2.45) is 11.7 Å². The molecule has 1 heterocycles. The summed E-state index contributed by atoms with van der Waals surface area (Å²) in [5.41, 5.74) is 5.53. The van der Waals surface area contributed by atoms with E-state index < -0.39 is 22.3 Å². The molecule has 13 heteroatoms. The molecule has 1 saturated heterocycles. The second-order valence-corrected chi connectivity index (χ2v) is 11.4. The number of carboxylic acid groups (broad SMARTS) is 1. The van der Waals surface area contributed by atoms with Gasteiger partial charge in [0.1, 0.15) is 0 Å². The zero-order valence-electron chi connectivity index (χ0n) is 22.5. The predicted molar refractivity (Wildman–Crippen MR) is 121 cm³/mol. The summed E-state index contributed by atoms with van der Waals surface area (Å²) in [6, 6.07) is 0.277. The Hall–Kier alpha value is -0.106. The average Bonchev–Trinajstić information content (AvgIpc) is 2.59. The third kappa shape index (κ3) is 30.0. The molecule has 1 aliphatic heterocycles. The van der Waals surface area contributed by atoms with Crippen molar-refractivity contribution in [3.05, 3.63) is 0 Å². The van der Waals surface area contributed by atoms with E-state index in [0.29, 0.717) is 24.4 Å². The molecule has 1 fully saturated rings. The van der Waals surface area contributed by atoms with Crippen LogP contribution in [0.1, 0.15) is 74.7 Å². The largest absolute Gasteiger partial charge is 2.00 e. The van der Waals surface area contributed by atoms with E-state index in [9.17, 15) is 9.90 Å². The fourth-order valence-electron chi connectivity index (χ4n) is 3.86. The van der Waals surface area contributed by atoms with Gasteiger partial charge in [0, 0.05) is 55.4 Å². The molecule has 6 N–H and O–H groups in total. The van der Waals surface area contributed by atoms with Gasteiger partial charge in [-0.25, -0.2) is 18.6 Å². The quantitative estimate of drug-likeness (QED) is 0.205. The molecule has 0 aromatic heterocycles. The Morgan fingerprint density at radius 2 is 1.20 bits per heavy atom. The standard InChI is InChI=1S/C16H36N4.C6H13NO2.ClHO4.Ni/c1-13-11-15(3,4)19-10-8-18-14(2)12-16(5,6)20-9-7-17-13;1-4(2)3-5(7)6(8)9;2-1(3,4)5;/h13-14,17-20H,7-12H2,1-6H3;4-5H,3,7H2,1-2H3,(H,8,9);(H,2,3,4,5);/q;;;+2/p-2/t13-,14-;5-;;/m00../s1. The number of carbonyl (C=O) groups is 1. The number of nitrogens with one attached hydrogen (secondary N) is 4. The minimum absolute atomic E-state index is 0. The number of rotatable bonds is 3. The van der Waals surface area contributed by atoms with Crippen molar-refractivity contribution in [3.8, 4) is 0 Å². The first-order chi connectivity index (χ1) is 15.2. The van der Waals surface area contributed by atoms with Crippen LogP contribution in [0.5, 0.6) is 0 Å². The second kappa shape index (κ2) is 19.0. The van der Waals surface area contributed by atoms with Gasteiger partial charge in [0.25, 0.3) is 0 Å². The zero-order valence-corrected chi connectivity index (χ0v) is 24.2. The smallest absolute Gasteiger partial charge is 0.548 e. The van der Waals surface area contributed by atoms with Gasteiger partial charge in [0.2, 0.25) is 0 Å². The van der Waals surface area contributed by atoms with Crippen molar-refractivity contribution < 1.29 is 55.3 Å². The predicted octanol–water partition coefficient (Wildman–Crippen LogP) is -4.18. The fraction of sp³-hybridized carbons (Fsp3) is 0.955. The number of halogens is 1. The van der Waals surface area contributed by atoms with Crippen molar-refractivity contribution in [2.75, 3.05) is 26.2 Å². The Balaban J connectivity index is -0.000000568. The maximum absolute atomic E-state index is 10.00. The number of hydrogen-bond donors (Lipinski definition) is 5. The average molecular weight is 573 g/mol. The molecule has 0 aromatic carbocycles. The summed E-state index contributed by atoms with van der Waals surface area (Å²) in [5.74, 6) is -0.846. The van der Waals surface area contributed by atoms with Crippen LogP contribution in [0.25, 0.3) is 0 Å². The molecule has 214 valence electrons. The van der Waals surface area contributed by atoms with E-state index in [1.54, 1.807) is 0 Å². The molecule has 0 radical (unpaired) electrons. The van der Waals surface area contributed by atoms with Gasteiger partial charge in [-0.1, -0.05) is 13.8 Å². The van der Waals surface area contributed by atoms with Gasteiger partial charge in [-0.05, 0) is 66.7 Å². The van der Waals surface area contributed by atoms with Gasteiger partial charge in [-0.15, -0.1) is 10.2 Å².